The van der Waals surface area contributed by atoms with E-state index in [4.69, 9.17) is 4.98 Å². The maximum Gasteiger partial charge on any atom is 0.143 e. The molecule has 18 heavy (non-hydrogen) atoms. The average molecular weight is 361 g/mol. The van der Waals surface area contributed by atoms with Crippen molar-refractivity contribution < 1.29 is 0 Å². The monoisotopic (exact) mass is 361 g/mol. The first kappa shape index (κ1) is 15.7. The van der Waals surface area contributed by atoms with Gasteiger partial charge < -0.3 is 5.32 Å². The van der Waals surface area contributed by atoms with Crippen LogP contribution in [-0.2, 0) is 6.42 Å². The Morgan fingerprint density at radius 3 is 2.33 bits per heavy atom. The van der Waals surface area contributed by atoms with E-state index in [1.807, 2.05) is 0 Å². The van der Waals surface area contributed by atoms with E-state index in [-0.39, 0.29) is 0 Å². The molecule has 4 heteroatoms. The molecule has 3 nitrogen and oxygen atoms in total. The van der Waals surface area contributed by atoms with Crippen LogP contribution in [0.5, 0.6) is 0 Å². The van der Waals surface area contributed by atoms with Crippen molar-refractivity contribution in [1.82, 2.24) is 9.97 Å². The summed E-state index contributed by atoms with van der Waals surface area (Å²) in [5.74, 6) is 2.94. The summed E-state index contributed by atoms with van der Waals surface area (Å²) in [4.78, 5) is 9.37. The zero-order valence-electron chi connectivity index (χ0n) is 12.0. The van der Waals surface area contributed by atoms with E-state index in [1.54, 1.807) is 0 Å². The van der Waals surface area contributed by atoms with Crippen molar-refractivity contribution in [3.8, 4) is 0 Å². The second-order valence-electron chi connectivity index (χ2n) is 5.37. The molecule has 0 spiro atoms. The molecule has 1 N–H and O–H groups in total. The van der Waals surface area contributed by atoms with Crippen LogP contribution in [0.4, 0.5) is 5.82 Å². The van der Waals surface area contributed by atoms with Crippen LogP contribution in [0.1, 0.15) is 58.5 Å². The number of hydrogen-bond acceptors (Lipinski definition) is 3. The maximum absolute atomic E-state index is 4.72. The lowest BCUT2D eigenvalue weighted by molar-refractivity contribution is 0.623. The summed E-state index contributed by atoms with van der Waals surface area (Å²) in [6, 6.07) is 0. The Labute approximate surface area is 124 Å². The predicted octanol–water partition coefficient (Wildman–Crippen LogP) is 4.23. The molecule has 1 heterocycles. The molecule has 1 rings (SSSR count). The number of aromatic nitrogens is 2. The molecule has 0 amide bonds. The van der Waals surface area contributed by atoms with Gasteiger partial charge in [0.2, 0.25) is 0 Å². The van der Waals surface area contributed by atoms with Gasteiger partial charge in [-0.3, -0.25) is 0 Å². The average Bonchev–Trinajstić information content (AvgIpc) is 2.29. The molecule has 0 aromatic carbocycles. The number of hydrogen-bond donors (Lipinski definition) is 1. The highest BCUT2D eigenvalue weighted by Crippen LogP contribution is 2.24. The van der Waals surface area contributed by atoms with E-state index in [1.165, 1.54) is 9.26 Å². The van der Waals surface area contributed by atoms with Gasteiger partial charge in [0.25, 0.3) is 0 Å². The topological polar surface area (TPSA) is 37.8 Å². The molecular formula is C14H24IN3. The lowest BCUT2D eigenvalue weighted by Gasteiger charge is -2.15. The first-order valence-corrected chi connectivity index (χ1v) is 7.83. The van der Waals surface area contributed by atoms with Crippen molar-refractivity contribution in [3.63, 3.8) is 0 Å². The molecule has 0 aliphatic rings. The van der Waals surface area contributed by atoms with Crippen molar-refractivity contribution in [2.75, 3.05) is 11.9 Å². The van der Waals surface area contributed by atoms with Gasteiger partial charge in [-0.05, 0) is 41.4 Å². The van der Waals surface area contributed by atoms with Crippen molar-refractivity contribution in [2.45, 2.75) is 53.4 Å². The third-order valence-electron chi connectivity index (χ3n) is 2.60. The van der Waals surface area contributed by atoms with E-state index in [0.29, 0.717) is 11.8 Å². The fourth-order valence-electron chi connectivity index (χ4n) is 1.65. The molecule has 1 aromatic rings. The highest BCUT2D eigenvalue weighted by Gasteiger charge is 2.14. The first-order valence-electron chi connectivity index (χ1n) is 6.75. The minimum absolute atomic E-state index is 0.370. The van der Waals surface area contributed by atoms with Gasteiger partial charge in [0.1, 0.15) is 11.6 Å². The molecule has 0 saturated carbocycles. The van der Waals surface area contributed by atoms with Gasteiger partial charge in [-0.1, -0.05) is 34.6 Å². The quantitative estimate of drug-likeness (QED) is 0.771. The lowest BCUT2D eigenvalue weighted by atomic mass is 10.1. The number of anilines is 1. The summed E-state index contributed by atoms with van der Waals surface area (Å²) in [5.41, 5.74) is 1.18. The summed E-state index contributed by atoms with van der Waals surface area (Å²) in [7, 11) is 0. The summed E-state index contributed by atoms with van der Waals surface area (Å²) >= 11 is 2.37. The Balaban J connectivity index is 3.11. The minimum Gasteiger partial charge on any atom is -0.369 e. The second kappa shape index (κ2) is 7.26. The van der Waals surface area contributed by atoms with E-state index in [0.717, 1.165) is 31.0 Å². The number of halogens is 1. The third kappa shape index (κ3) is 4.37. The maximum atomic E-state index is 4.72. The van der Waals surface area contributed by atoms with Gasteiger partial charge in [-0.2, -0.15) is 0 Å². The van der Waals surface area contributed by atoms with Gasteiger partial charge in [0, 0.05) is 12.5 Å². The highest BCUT2D eigenvalue weighted by atomic mass is 127. The first-order chi connectivity index (χ1) is 8.45. The molecule has 0 unspecified atom stereocenters. The largest absolute Gasteiger partial charge is 0.369 e. The van der Waals surface area contributed by atoms with Crippen LogP contribution in [0, 0.1) is 9.49 Å². The van der Waals surface area contributed by atoms with Gasteiger partial charge >= 0.3 is 0 Å². The molecular weight excluding hydrogens is 337 g/mol. The van der Waals surface area contributed by atoms with Crippen LogP contribution in [0.2, 0.25) is 0 Å². The molecule has 102 valence electrons. The predicted molar refractivity (Wildman–Crippen MR) is 86.2 cm³/mol. The van der Waals surface area contributed by atoms with Gasteiger partial charge in [0.15, 0.2) is 0 Å². The number of rotatable bonds is 6. The summed E-state index contributed by atoms with van der Waals surface area (Å²) in [5, 5.41) is 3.41. The van der Waals surface area contributed by atoms with Crippen LogP contribution in [-0.4, -0.2) is 16.5 Å². The molecule has 0 radical (unpaired) electrons. The van der Waals surface area contributed by atoms with E-state index in [9.17, 15) is 0 Å². The highest BCUT2D eigenvalue weighted by molar-refractivity contribution is 14.1. The summed E-state index contributed by atoms with van der Waals surface area (Å²) < 4.78 is 1.18. The Morgan fingerprint density at radius 2 is 1.83 bits per heavy atom. The third-order valence-corrected chi connectivity index (χ3v) is 3.73. The Morgan fingerprint density at radius 1 is 1.17 bits per heavy atom. The van der Waals surface area contributed by atoms with Crippen LogP contribution < -0.4 is 5.32 Å². The van der Waals surface area contributed by atoms with Crippen molar-refractivity contribution in [3.05, 3.63) is 15.1 Å². The molecule has 0 saturated heterocycles. The van der Waals surface area contributed by atoms with E-state index >= 15 is 0 Å². The normalized spacial score (nSPS) is 11.3. The Hall–Kier alpha value is -0.390. The standard InChI is InChI=1S/C14H24IN3/c1-6-7-16-14-12(15)11(8-9(2)3)17-13(18-14)10(4)5/h9-10H,6-8H2,1-5H3,(H,16,17,18). The van der Waals surface area contributed by atoms with Crippen LogP contribution in [0.15, 0.2) is 0 Å². The summed E-state index contributed by atoms with van der Waals surface area (Å²) in [6.07, 6.45) is 2.12. The Bertz CT molecular complexity index is 389. The number of nitrogens with zero attached hydrogens (tertiary/aromatic N) is 2. The zero-order chi connectivity index (χ0) is 13.7. The van der Waals surface area contributed by atoms with Gasteiger partial charge in [0.05, 0.1) is 9.26 Å². The molecule has 0 aliphatic heterocycles. The molecule has 0 bridgehead atoms. The minimum atomic E-state index is 0.370. The number of nitrogens with one attached hydrogen (secondary N) is 1. The zero-order valence-corrected chi connectivity index (χ0v) is 14.2. The smallest absolute Gasteiger partial charge is 0.143 e. The van der Waals surface area contributed by atoms with Crippen LogP contribution in [0.25, 0.3) is 0 Å². The van der Waals surface area contributed by atoms with Crippen molar-refractivity contribution in [1.29, 1.82) is 0 Å². The van der Waals surface area contributed by atoms with Crippen LogP contribution >= 0.6 is 22.6 Å². The van der Waals surface area contributed by atoms with E-state index in [2.05, 4.69) is 67.5 Å². The summed E-state index contributed by atoms with van der Waals surface area (Å²) in [6.45, 7) is 11.9. The second-order valence-corrected chi connectivity index (χ2v) is 6.45. The molecule has 0 atom stereocenters. The fraction of sp³-hybridized carbons (Fsp3) is 0.714. The fourth-order valence-corrected chi connectivity index (χ4v) is 2.31. The molecule has 0 aliphatic carbocycles. The lowest BCUT2D eigenvalue weighted by Crippen LogP contribution is -2.12. The Kier molecular flexibility index (Phi) is 6.32. The van der Waals surface area contributed by atoms with E-state index < -0.39 is 0 Å². The van der Waals surface area contributed by atoms with Gasteiger partial charge in [-0.25, -0.2) is 9.97 Å². The molecule has 1 aromatic heterocycles. The molecule has 0 fully saturated rings. The van der Waals surface area contributed by atoms with Gasteiger partial charge in [-0.15, -0.1) is 0 Å². The van der Waals surface area contributed by atoms with Crippen LogP contribution in [0.3, 0.4) is 0 Å². The van der Waals surface area contributed by atoms with Crippen molar-refractivity contribution in [2.24, 2.45) is 5.92 Å². The van der Waals surface area contributed by atoms with Crippen molar-refractivity contribution >= 4 is 28.4 Å². The SMILES string of the molecule is CCCNc1nc(C(C)C)nc(CC(C)C)c1I.